The molecule has 0 bridgehead atoms. The van der Waals surface area contributed by atoms with Crippen LogP contribution in [-0.2, 0) is 18.9 Å². The molecular formula is C14H7ClF6N2O3. The van der Waals surface area contributed by atoms with Crippen molar-refractivity contribution in [3.05, 3.63) is 50.7 Å². The number of benzene rings is 1. The van der Waals surface area contributed by atoms with Crippen molar-refractivity contribution in [1.29, 1.82) is 0 Å². The molecule has 0 saturated carbocycles. The van der Waals surface area contributed by atoms with Crippen molar-refractivity contribution in [3.8, 4) is 0 Å². The van der Waals surface area contributed by atoms with Crippen LogP contribution in [0, 0.1) is 6.92 Å². The normalized spacial score (nSPS) is 12.9. The molecule has 0 aliphatic rings. The van der Waals surface area contributed by atoms with Gasteiger partial charge < -0.3 is 13.4 Å². The van der Waals surface area contributed by atoms with Crippen molar-refractivity contribution >= 4 is 22.6 Å². The Hall–Kier alpha value is -2.43. The van der Waals surface area contributed by atoms with E-state index in [2.05, 4.69) is 13.8 Å². The molecule has 2 heterocycles. The number of nitrogens with zero attached hydrogens (tertiary/aromatic N) is 2. The van der Waals surface area contributed by atoms with Crippen LogP contribution in [0.25, 0.3) is 11.0 Å². The molecule has 3 aromatic rings. The van der Waals surface area contributed by atoms with Crippen molar-refractivity contribution < 1.29 is 35.2 Å². The van der Waals surface area contributed by atoms with E-state index in [-0.39, 0.29) is 17.0 Å². The van der Waals surface area contributed by atoms with Crippen LogP contribution >= 0.6 is 11.6 Å². The van der Waals surface area contributed by atoms with Gasteiger partial charge in [0.1, 0.15) is 5.76 Å². The van der Waals surface area contributed by atoms with E-state index in [4.69, 9.17) is 11.6 Å². The molecule has 0 aliphatic carbocycles. The topological polar surface area (TPSA) is 61.2 Å². The third kappa shape index (κ3) is 3.18. The second-order valence-electron chi connectivity index (χ2n) is 5.27. The standard InChI is InChI=1S/C14H7ClF6N2O3/c1-5-10(26-12(24)25-5)4-23-9-2-6(13(16,17)18)7(15)3-8(9)22-11(23)14(19,20)21/h2-3H,4H2,1H3. The fraction of sp³-hybridized carbons (Fsp3) is 0.286. The van der Waals surface area contributed by atoms with Gasteiger partial charge in [0, 0.05) is 0 Å². The summed E-state index contributed by atoms with van der Waals surface area (Å²) in [5.41, 5.74) is -2.18. The summed E-state index contributed by atoms with van der Waals surface area (Å²) in [6, 6.07) is 1.16. The molecule has 0 N–H and O–H groups in total. The lowest BCUT2D eigenvalue weighted by atomic mass is 10.2. The molecule has 0 radical (unpaired) electrons. The second-order valence-corrected chi connectivity index (χ2v) is 5.68. The zero-order valence-electron chi connectivity index (χ0n) is 12.6. The summed E-state index contributed by atoms with van der Waals surface area (Å²) in [6.45, 7) is 0.562. The van der Waals surface area contributed by atoms with E-state index in [1.165, 1.54) is 6.92 Å². The second kappa shape index (κ2) is 5.79. The first kappa shape index (κ1) is 18.4. The predicted molar refractivity (Wildman–Crippen MR) is 75.8 cm³/mol. The van der Waals surface area contributed by atoms with Gasteiger partial charge in [-0.1, -0.05) is 11.6 Å². The summed E-state index contributed by atoms with van der Waals surface area (Å²) >= 11 is 5.53. The number of fused-ring (bicyclic) bond motifs is 1. The molecule has 26 heavy (non-hydrogen) atoms. The number of hydrogen-bond acceptors (Lipinski definition) is 4. The lowest BCUT2D eigenvalue weighted by Crippen LogP contribution is -2.16. The molecule has 1 aromatic carbocycles. The van der Waals surface area contributed by atoms with Gasteiger partial charge in [0.25, 0.3) is 0 Å². The Labute approximate surface area is 144 Å². The summed E-state index contributed by atoms with van der Waals surface area (Å²) < 4.78 is 88.6. The van der Waals surface area contributed by atoms with Crippen LogP contribution < -0.4 is 5.82 Å². The average Bonchev–Trinajstić information content (AvgIpc) is 2.97. The molecule has 0 amide bonds. The third-order valence-corrected chi connectivity index (χ3v) is 3.85. The van der Waals surface area contributed by atoms with Crippen LogP contribution in [-0.4, -0.2) is 9.55 Å². The third-order valence-electron chi connectivity index (χ3n) is 3.53. The van der Waals surface area contributed by atoms with Crippen LogP contribution in [0.2, 0.25) is 5.02 Å². The smallest absolute Gasteiger partial charge is 0.396 e. The number of alkyl halides is 6. The summed E-state index contributed by atoms with van der Waals surface area (Å²) in [6.07, 6.45) is -9.85. The molecule has 0 saturated heterocycles. The SMILES string of the molecule is Cc1oc(=O)oc1Cn1c(C(F)(F)F)nc2cc(Cl)c(C(F)(F)F)cc21. The van der Waals surface area contributed by atoms with Crippen molar-refractivity contribution in [1.82, 2.24) is 9.55 Å². The van der Waals surface area contributed by atoms with Crippen molar-refractivity contribution in [2.45, 2.75) is 25.8 Å². The van der Waals surface area contributed by atoms with E-state index in [1.54, 1.807) is 0 Å². The first-order valence-electron chi connectivity index (χ1n) is 6.81. The molecule has 140 valence electrons. The summed E-state index contributed by atoms with van der Waals surface area (Å²) in [4.78, 5) is 14.4. The summed E-state index contributed by atoms with van der Waals surface area (Å²) in [7, 11) is 0. The van der Waals surface area contributed by atoms with Gasteiger partial charge >= 0.3 is 18.2 Å². The van der Waals surface area contributed by atoms with Gasteiger partial charge in [-0.05, 0) is 19.1 Å². The van der Waals surface area contributed by atoms with E-state index < -0.39 is 46.6 Å². The van der Waals surface area contributed by atoms with Gasteiger partial charge in [0.2, 0.25) is 5.82 Å². The van der Waals surface area contributed by atoms with Gasteiger partial charge in [-0.3, -0.25) is 0 Å². The molecule has 5 nitrogen and oxygen atoms in total. The molecule has 0 unspecified atom stereocenters. The molecule has 3 rings (SSSR count). The zero-order chi connectivity index (χ0) is 19.4. The molecule has 0 spiro atoms. The van der Waals surface area contributed by atoms with E-state index in [0.717, 1.165) is 0 Å². The van der Waals surface area contributed by atoms with Crippen molar-refractivity contribution in [2.24, 2.45) is 0 Å². The number of aryl methyl sites for hydroxylation is 1. The zero-order valence-corrected chi connectivity index (χ0v) is 13.4. The minimum Gasteiger partial charge on any atom is -0.396 e. The molecule has 0 aliphatic heterocycles. The van der Waals surface area contributed by atoms with Crippen LogP contribution in [0.3, 0.4) is 0 Å². The van der Waals surface area contributed by atoms with E-state index in [1.807, 2.05) is 0 Å². The molecule has 0 fully saturated rings. The van der Waals surface area contributed by atoms with E-state index in [0.29, 0.717) is 16.7 Å². The van der Waals surface area contributed by atoms with Gasteiger partial charge in [-0.25, -0.2) is 9.78 Å². The highest BCUT2D eigenvalue weighted by Crippen LogP contribution is 2.39. The number of aromatic nitrogens is 2. The Morgan fingerprint density at radius 1 is 1.12 bits per heavy atom. The maximum atomic E-state index is 13.3. The monoisotopic (exact) mass is 400 g/mol. The number of imidazole rings is 1. The van der Waals surface area contributed by atoms with Gasteiger partial charge in [-0.15, -0.1) is 0 Å². The highest BCUT2D eigenvalue weighted by Gasteiger charge is 2.40. The maximum absolute atomic E-state index is 13.3. The van der Waals surface area contributed by atoms with Crippen molar-refractivity contribution in [2.75, 3.05) is 0 Å². The van der Waals surface area contributed by atoms with Gasteiger partial charge in [0.15, 0.2) is 5.76 Å². The molecule has 0 atom stereocenters. The summed E-state index contributed by atoms with van der Waals surface area (Å²) in [5, 5.41) is -0.783. The largest absolute Gasteiger partial charge is 0.519 e. The summed E-state index contributed by atoms with van der Waals surface area (Å²) in [5.74, 6) is -2.99. The lowest BCUT2D eigenvalue weighted by Gasteiger charge is -2.12. The Morgan fingerprint density at radius 3 is 2.27 bits per heavy atom. The van der Waals surface area contributed by atoms with E-state index in [9.17, 15) is 31.1 Å². The number of hydrogen-bond donors (Lipinski definition) is 0. The fourth-order valence-electron chi connectivity index (χ4n) is 2.40. The van der Waals surface area contributed by atoms with Crippen molar-refractivity contribution in [3.63, 3.8) is 0 Å². The van der Waals surface area contributed by atoms with Crippen LogP contribution in [0.1, 0.15) is 22.9 Å². The minimum absolute atomic E-state index is 0.102. The first-order valence-corrected chi connectivity index (χ1v) is 7.19. The quantitative estimate of drug-likeness (QED) is 0.588. The Bertz CT molecular complexity index is 1040. The molecule has 2 aromatic heterocycles. The Balaban J connectivity index is 2.29. The lowest BCUT2D eigenvalue weighted by molar-refractivity contribution is -0.146. The highest BCUT2D eigenvalue weighted by molar-refractivity contribution is 6.32. The Kier molecular flexibility index (Phi) is 4.09. The van der Waals surface area contributed by atoms with Crippen LogP contribution in [0.15, 0.2) is 25.8 Å². The molecule has 12 heteroatoms. The first-order chi connectivity index (χ1) is 11.9. The van der Waals surface area contributed by atoms with Gasteiger partial charge in [0.05, 0.1) is 28.2 Å². The number of rotatable bonds is 2. The maximum Gasteiger partial charge on any atom is 0.519 e. The average molecular weight is 401 g/mol. The highest BCUT2D eigenvalue weighted by atomic mass is 35.5. The van der Waals surface area contributed by atoms with Crippen LogP contribution in [0.4, 0.5) is 26.3 Å². The van der Waals surface area contributed by atoms with Gasteiger partial charge in [-0.2, -0.15) is 26.3 Å². The Morgan fingerprint density at radius 2 is 1.77 bits per heavy atom. The predicted octanol–water partition coefficient (Wildman–Crippen LogP) is 4.63. The van der Waals surface area contributed by atoms with E-state index >= 15 is 0 Å². The fourth-order valence-corrected chi connectivity index (χ4v) is 2.67. The number of halogens is 7. The molecular weight excluding hydrogens is 394 g/mol. The van der Waals surface area contributed by atoms with Crippen LogP contribution in [0.5, 0.6) is 0 Å². The minimum atomic E-state index is -4.97.